The number of hydrogen-bond donors (Lipinski definition) is 3. The molecule has 0 bridgehead atoms. The van der Waals surface area contributed by atoms with Crippen LogP contribution < -0.4 is 5.73 Å². The topological polar surface area (TPSA) is 113 Å². The molecule has 0 aliphatic carbocycles. The molecule has 0 spiro atoms. The fourth-order valence-corrected chi connectivity index (χ4v) is 2.18. The maximum atomic E-state index is 12.0. The molecule has 3 N–H and O–H groups in total. The second kappa shape index (κ2) is 6.69. The molecule has 0 saturated carbocycles. The Bertz CT molecular complexity index is 339. The van der Waals surface area contributed by atoms with E-state index in [1.165, 1.54) is 4.90 Å². The van der Waals surface area contributed by atoms with Crippen LogP contribution in [0, 0.1) is 4.91 Å². The molecule has 2 unspecified atom stereocenters. The van der Waals surface area contributed by atoms with Crippen LogP contribution >= 0.6 is 12.6 Å². The van der Waals surface area contributed by atoms with E-state index in [-0.39, 0.29) is 6.42 Å². The molecule has 3 atom stereocenters. The zero-order valence-electron chi connectivity index (χ0n) is 9.86. The number of nitrogens with two attached hydrogens (primary N) is 1. The molecule has 0 aromatic heterocycles. The molecule has 1 aliphatic rings. The predicted molar refractivity (Wildman–Crippen MR) is 68.4 cm³/mol. The van der Waals surface area contributed by atoms with E-state index in [1.54, 1.807) is 0 Å². The summed E-state index contributed by atoms with van der Waals surface area (Å²) in [5.41, 5.74) is 5.62. The third kappa shape index (κ3) is 3.42. The predicted octanol–water partition coefficient (Wildman–Crippen LogP) is -0.156. The summed E-state index contributed by atoms with van der Waals surface area (Å²) < 4.78 is 0. The van der Waals surface area contributed by atoms with Crippen LogP contribution in [-0.4, -0.2) is 52.3 Å². The number of aliphatic carboxylic acids is 1. The molecule has 8 heteroatoms. The van der Waals surface area contributed by atoms with Gasteiger partial charge in [-0.25, -0.2) is 4.79 Å². The van der Waals surface area contributed by atoms with E-state index in [0.717, 1.165) is 0 Å². The highest BCUT2D eigenvalue weighted by molar-refractivity contribution is 7.80. The summed E-state index contributed by atoms with van der Waals surface area (Å²) in [7, 11) is 0. The normalized spacial score (nSPS) is 22.6. The molecule has 1 aliphatic heterocycles. The van der Waals surface area contributed by atoms with Crippen molar-refractivity contribution in [3.05, 3.63) is 4.91 Å². The first kappa shape index (κ1) is 14.9. The van der Waals surface area contributed by atoms with Crippen molar-refractivity contribution in [2.75, 3.05) is 12.3 Å². The molecule has 102 valence electrons. The van der Waals surface area contributed by atoms with Crippen LogP contribution in [0.2, 0.25) is 0 Å². The van der Waals surface area contributed by atoms with Crippen molar-refractivity contribution in [2.45, 2.75) is 37.4 Å². The third-order valence-corrected chi connectivity index (χ3v) is 3.46. The Balaban J connectivity index is 2.71. The van der Waals surface area contributed by atoms with E-state index in [1.807, 2.05) is 0 Å². The maximum Gasteiger partial charge on any atom is 0.326 e. The Kier molecular flexibility index (Phi) is 5.54. The molecule has 1 fully saturated rings. The Hall–Kier alpha value is -1.15. The van der Waals surface area contributed by atoms with E-state index < -0.39 is 30.0 Å². The minimum absolute atomic E-state index is 0.0919. The van der Waals surface area contributed by atoms with Crippen LogP contribution in [-0.2, 0) is 9.59 Å². The Morgan fingerprint density at radius 2 is 2.22 bits per heavy atom. The van der Waals surface area contributed by atoms with Crippen LogP contribution in [0.1, 0.15) is 19.3 Å². The van der Waals surface area contributed by atoms with Crippen molar-refractivity contribution in [3.8, 4) is 0 Å². The highest BCUT2D eigenvalue weighted by atomic mass is 32.1. The van der Waals surface area contributed by atoms with Gasteiger partial charge in [0, 0.05) is 18.3 Å². The first-order valence-corrected chi connectivity index (χ1v) is 6.36. The summed E-state index contributed by atoms with van der Waals surface area (Å²) in [6.07, 6.45) is 1.12. The highest BCUT2D eigenvalue weighted by Crippen LogP contribution is 2.20. The van der Waals surface area contributed by atoms with Crippen molar-refractivity contribution in [1.82, 2.24) is 4.90 Å². The third-order valence-electron chi connectivity index (χ3n) is 2.99. The van der Waals surface area contributed by atoms with Gasteiger partial charge in [-0.2, -0.15) is 12.6 Å². The fourth-order valence-electron chi connectivity index (χ4n) is 2.03. The molecule has 18 heavy (non-hydrogen) atoms. The summed E-state index contributed by atoms with van der Waals surface area (Å²) in [5.74, 6) is -1.27. The lowest BCUT2D eigenvalue weighted by molar-refractivity contribution is -0.148. The van der Waals surface area contributed by atoms with Crippen LogP contribution in [0.3, 0.4) is 0 Å². The first-order valence-electron chi connectivity index (χ1n) is 5.73. The van der Waals surface area contributed by atoms with Gasteiger partial charge in [-0.1, -0.05) is 5.18 Å². The highest BCUT2D eigenvalue weighted by Gasteiger charge is 2.37. The second-order valence-corrected chi connectivity index (χ2v) is 4.69. The van der Waals surface area contributed by atoms with Crippen molar-refractivity contribution in [2.24, 2.45) is 10.9 Å². The zero-order chi connectivity index (χ0) is 13.7. The molecule has 1 saturated heterocycles. The second-order valence-electron chi connectivity index (χ2n) is 4.33. The summed E-state index contributed by atoms with van der Waals surface area (Å²) in [4.78, 5) is 34.9. The number of carboxylic acids is 1. The number of carbonyl (C=O) groups excluding carboxylic acids is 1. The average Bonchev–Trinajstić information content (AvgIpc) is 2.83. The number of nitrogens with zero attached hydrogens (tertiary/aromatic N) is 2. The van der Waals surface area contributed by atoms with Gasteiger partial charge in [-0.15, -0.1) is 4.91 Å². The molecular weight excluding hydrogens is 258 g/mol. The zero-order valence-corrected chi connectivity index (χ0v) is 10.8. The average molecular weight is 275 g/mol. The minimum Gasteiger partial charge on any atom is -0.480 e. The molecule has 0 aromatic carbocycles. The van der Waals surface area contributed by atoms with Crippen molar-refractivity contribution in [3.63, 3.8) is 0 Å². The van der Waals surface area contributed by atoms with Crippen LogP contribution in [0.5, 0.6) is 0 Å². The monoisotopic (exact) mass is 275 g/mol. The Morgan fingerprint density at radius 3 is 2.72 bits per heavy atom. The van der Waals surface area contributed by atoms with Gasteiger partial charge in [0.1, 0.15) is 6.04 Å². The SMILES string of the molecule is NC(CS)CC(N=O)C(=O)N1CCC[C@H]1C(=O)O. The van der Waals surface area contributed by atoms with Crippen LogP contribution in [0.25, 0.3) is 0 Å². The van der Waals surface area contributed by atoms with E-state index in [9.17, 15) is 14.5 Å². The molecule has 7 nitrogen and oxygen atoms in total. The lowest BCUT2D eigenvalue weighted by Crippen LogP contribution is -2.46. The first-order chi connectivity index (χ1) is 8.51. The summed E-state index contributed by atoms with van der Waals surface area (Å²) in [5, 5.41) is 11.7. The Morgan fingerprint density at radius 1 is 1.56 bits per heavy atom. The number of hydrogen-bond acceptors (Lipinski definition) is 6. The van der Waals surface area contributed by atoms with Gasteiger partial charge in [-0.05, 0) is 19.3 Å². The molecule has 1 amide bonds. The maximum absolute atomic E-state index is 12.0. The van der Waals surface area contributed by atoms with E-state index >= 15 is 0 Å². The number of amides is 1. The van der Waals surface area contributed by atoms with Crippen molar-refractivity contribution in [1.29, 1.82) is 0 Å². The molecule has 0 radical (unpaired) electrons. The fraction of sp³-hybridized carbons (Fsp3) is 0.800. The van der Waals surface area contributed by atoms with Gasteiger partial charge < -0.3 is 15.7 Å². The van der Waals surface area contributed by atoms with Gasteiger partial charge in [-0.3, -0.25) is 4.79 Å². The number of rotatable bonds is 6. The molecule has 1 heterocycles. The smallest absolute Gasteiger partial charge is 0.326 e. The molecular formula is C10H17N3O4S. The van der Waals surface area contributed by atoms with Crippen molar-refractivity contribution < 1.29 is 14.7 Å². The summed E-state index contributed by atoms with van der Waals surface area (Å²) in [6.45, 7) is 0.345. The summed E-state index contributed by atoms with van der Waals surface area (Å²) in [6, 6.07) is -2.38. The van der Waals surface area contributed by atoms with Crippen LogP contribution in [0.4, 0.5) is 0 Å². The number of carboxylic acid groups (broad SMARTS) is 1. The lowest BCUT2D eigenvalue weighted by atomic mass is 10.1. The number of likely N-dealkylation sites (tertiary alicyclic amines) is 1. The minimum atomic E-state index is -1.12. The Labute approximate surface area is 110 Å². The van der Waals surface area contributed by atoms with E-state index in [2.05, 4.69) is 17.8 Å². The summed E-state index contributed by atoms with van der Waals surface area (Å²) >= 11 is 3.97. The standard InChI is InChI=1S/C10H17N3O4S/c11-6(5-18)4-7(12-17)9(14)13-3-1-2-8(13)10(15)16/h6-8,18H,1-5,11H2,(H,15,16)/t6?,7?,8-/m0/s1. The van der Waals surface area contributed by atoms with Crippen LogP contribution in [0.15, 0.2) is 5.18 Å². The van der Waals surface area contributed by atoms with Gasteiger partial charge in [0.2, 0.25) is 0 Å². The quantitative estimate of drug-likeness (QED) is 0.460. The molecule has 1 rings (SSSR count). The van der Waals surface area contributed by atoms with E-state index in [0.29, 0.717) is 25.1 Å². The number of thiol groups is 1. The van der Waals surface area contributed by atoms with Crippen molar-refractivity contribution >= 4 is 24.5 Å². The van der Waals surface area contributed by atoms with Gasteiger partial charge in [0.05, 0.1) is 0 Å². The molecule has 0 aromatic rings. The largest absolute Gasteiger partial charge is 0.480 e. The number of nitroso groups, excluding NO2 is 1. The van der Waals surface area contributed by atoms with Gasteiger partial charge in [0.25, 0.3) is 5.91 Å². The lowest BCUT2D eigenvalue weighted by Gasteiger charge is -2.24. The van der Waals surface area contributed by atoms with Gasteiger partial charge in [0.15, 0.2) is 6.04 Å². The number of carbonyl (C=O) groups is 2. The van der Waals surface area contributed by atoms with Gasteiger partial charge >= 0.3 is 5.97 Å². The van der Waals surface area contributed by atoms with E-state index in [4.69, 9.17) is 10.8 Å².